The number of nitrogens with zero attached hydrogens (tertiary/aromatic N) is 1. The van der Waals surface area contributed by atoms with Crippen molar-refractivity contribution in [3.8, 4) is 0 Å². The third kappa shape index (κ3) is 0.949. The summed E-state index contributed by atoms with van der Waals surface area (Å²) in [6.45, 7) is 0.547. The Hall–Kier alpha value is -0.640. The van der Waals surface area contributed by atoms with E-state index in [9.17, 15) is 10.1 Å². The molecule has 1 atom stereocenters. The summed E-state index contributed by atoms with van der Waals surface area (Å²) in [4.78, 5) is 9.50. The molecule has 0 aromatic carbocycles. The smallest absolute Gasteiger partial charge is 0.315 e. The summed E-state index contributed by atoms with van der Waals surface area (Å²) in [6, 6.07) is 0. The van der Waals surface area contributed by atoms with E-state index in [0.29, 0.717) is 13.0 Å². The Morgan fingerprint density at radius 3 is 2.75 bits per heavy atom. The number of hydrogen-bond donors (Lipinski definition) is 0. The van der Waals surface area contributed by atoms with E-state index in [0.717, 1.165) is 6.42 Å². The van der Waals surface area contributed by atoms with Gasteiger partial charge in [-0.05, 0) is 6.42 Å². The van der Waals surface area contributed by atoms with E-state index in [4.69, 9.17) is 4.74 Å². The van der Waals surface area contributed by atoms with Crippen LogP contribution in [0.3, 0.4) is 0 Å². The molecule has 0 saturated carbocycles. The van der Waals surface area contributed by atoms with Crippen molar-refractivity contribution in [2.24, 2.45) is 0 Å². The maximum Gasteiger partial charge on any atom is 0.315 e. The first-order valence-electron chi connectivity index (χ1n) is 2.56. The zero-order valence-electron chi connectivity index (χ0n) is 4.37. The van der Waals surface area contributed by atoms with Crippen molar-refractivity contribution in [2.75, 3.05) is 6.61 Å². The highest BCUT2D eigenvalue weighted by Gasteiger charge is 2.24. The van der Waals surface area contributed by atoms with Gasteiger partial charge in [0.25, 0.3) is 0 Å². The maximum atomic E-state index is 9.88. The molecular formula is C4H7NO3. The molecule has 1 fully saturated rings. The molecule has 46 valence electrons. The van der Waals surface area contributed by atoms with Crippen LogP contribution in [-0.4, -0.2) is 17.8 Å². The minimum atomic E-state index is -0.713. The van der Waals surface area contributed by atoms with Gasteiger partial charge in [-0.1, -0.05) is 0 Å². The van der Waals surface area contributed by atoms with E-state index < -0.39 is 6.23 Å². The van der Waals surface area contributed by atoms with Crippen LogP contribution in [0.5, 0.6) is 0 Å². The van der Waals surface area contributed by atoms with Crippen LogP contribution in [0.4, 0.5) is 0 Å². The zero-order valence-corrected chi connectivity index (χ0v) is 4.37. The average molecular weight is 117 g/mol. The van der Waals surface area contributed by atoms with Crippen LogP contribution in [0.25, 0.3) is 0 Å². The molecule has 0 aromatic rings. The Morgan fingerprint density at radius 1 is 1.75 bits per heavy atom. The number of hydrogen-bond acceptors (Lipinski definition) is 3. The predicted octanol–water partition coefficient (Wildman–Crippen LogP) is 0.400. The fraction of sp³-hybridized carbons (Fsp3) is 1.00. The Bertz CT molecular complexity index is 97.5. The minimum absolute atomic E-state index is 0.382. The van der Waals surface area contributed by atoms with Gasteiger partial charge in [0.15, 0.2) is 0 Å². The van der Waals surface area contributed by atoms with Crippen molar-refractivity contribution in [1.82, 2.24) is 0 Å². The highest BCUT2D eigenvalue weighted by molar-refractivity contribution is 4.51. The lowest BCUT2D eigenvalue weighted by atomic mass is 10.3. The number of rotatable bonds is 1. The summed E-state index contributed by atoms with van der Waals surface area (Å²) in [7, 11) is 0. The molecule has 0 radical (unpaired) electrons. The quantitative estimate of drug-likeness (QED) is 0.369. The van der Waals surface area contributed by atoms with Crippen molar-refractivity contribution in [3.05, 3.63) is 10.1 Å². The third-order valence-electron chi connectivity index (χ3n) is 1.14. The first kappa shape index (κ1) is 5.50. The van der Waals surface area contributed by atoms with Gasteiger partial charge in [0, 0.05) is 6.42 Å². The fourth-order valence-electron chi connectivity index (χ4n) is 0.727. The summed E-state index contributed by atoms with van der Waals surface area (Å²) < 4.78 is 4.72. The van der Waals surface area contributed by atoms with Crippen LogP contribution in [0.2, 0.25) is 0 Å². The van der Waals surface area contributed by atoms with Gasteiger partial charge < -0.3 is 4.74 Å². The molecule has 0 aromatic heterocycles. The van der Waals surface area contributed by atoms with E-state index in [1.807, 2.05) is 0 Å². The van der Waals surface area contributed by atoms with Crippen molar-refractivity contribution >= 4 is 0 Å². The van der Waals surface area contributed by atoms with Gasteiger partial charge in [-0.2, -0.15) is 0 Å². The van der Waals surface area contributed by atoms with Crippen LogP contribution in [-0.2, 0) is 4.74 Å². The van der Waals surface area contributed by atoms with E-state index in [1.54, 1.807) is 0 Å². The van der Waals surface area contributed by atoms with E-state index >= 15 is 0 Å². The molecule has 8 heavy (non-hydrogen) atoms. The summed E-state index contributed by atoms with van der Waals surface area (Å²) in [5, 5.41) is 9.88. The van der Waals surface area contributed by atoms with Crippen LogP contribution in [0.15, 0.2) is 0 Å². The monoisotopic (exact) mass is 117 g/mol. The van der Waals surface area contributed by atoms with Crippen molar-refractivity contribution in [1.29, 1.82) is 0 Å². The molecule has 0 spiro atoms. The lowest BCUT2D eigenvalue weighted by Crippen LogP contribution is -2.16. The average Bonchev–Trinajstić information content (AvgIpc) is 2.12. The van der Waals surface area contributed by atoms with Crippen molar-refractivity contribution < 1.29 is 9.66 Å². The highest BCUT2D eigenvalue weighted by Crippen LogP contribution is 2.11. The Labute approximate surface area is 46.6 Å². The van der Waals surface area contributed by atoms with E-state index in [2.05, 4.69) is 0 Å². The molecule has 4 nitrogen and oxygen atoms in total. The summed E-state index contributed by atoms with van der Waals surface area (Å²) in [5.41, 5.74) is 0. The maximum absolute atomic E-state index is 9.88. The largest absolute Gasteiger partial charge is 0.317 e. The van der Waals surface area contributed by atoms with Gasteiger partial charge in [-0.3, -0.25) is 10.1 Å². The second-order valence-corrected chi connectivity index (χ2v) is 1.75. The second kappa shape index (κ2) is 2.09. The first-order chi connectivity index (χ1) is 3.80. The minimum Gasteiger partial charge on any atom is -0.317 e. The van der Waals surface area contributed by atoms with Crippen LogP contribution in [0.1, 0.15) is 12.8 Å². The standard InChI is InChI=1S/C4H7NO3/c6-5(7)4-2-1-3-8-4/h4H,1-3H2. The van der Waals surface area contributed by atoms with Crippen molar-refractivity contribution in [3.63, 3.8) is 0 Å². The van der Waals surface area contributed by atoms with Gasteiger partial charge in [-0.25, -0.2) is 0 Å². The molecule has 0 aliphatic carbocycles. The summed E-state index contributed by atoms with van der Waals surface area (Å²) in [5.74, 6) is 0. The van der Waals surface area contributed by atoms with Crippen molar-refractivity contribution in [2.45, 2.75) is 19.1 Å². The molecule has 1 aliphatic rings. The predicted molar refractivity (Wildman–Crippen MR) is 26.0 cm³/mol. The Kier molecular flexibility index (Phi) is 1.43. The normalized spacial score (nSPS) is 28.2. The summed E-state index contributed by atoms with van der Waals surface area (Å²) >= 11 is 0. The number of nitro groups is 1. The zero-order chi connectivity index (χ0) is 5.98. The van der Waals surface area contributed by atoms with Crippen LogP contribution in [0, 0.1) is 10.1 Å². The molecular weight excluding hydrogens is 110 g/mol. The van der Waals surface area contributed by atoms with Crippen LogP contribution >= 0.6 is 0 Å². The molecule has 1 rings (SSSR count). The molecule has 0 N–H and O–H groups in total. The number of ether oxygens (including phenoxy) is 1. The van der Waals surface area contributed by atoms with Gasteiger partial charge in [0.1, 0.15) is 0 Å². The molecule has 0 bridgehead atoms. The Morgan fingerprint density at radius 2 is 2.50 bits per heavy atom. The second-order valence-electron chi connectivity index (χ2n) is 1.75. The van der Waals surface area contributed by atoms with E-state index in [1.165, 1.54) is 0 Å². The third-order valence-corrected chi connectivity index (χ3v) is 1.14. The van der Waals surface area contributed by atoms with Gasteiger partial charge >= 0.3 is 6.23 Å². The lowest BCUT2D eigenvalue weighted by Gasteiger charge is -1.96. The van der Waals surface area contributed by atoms with Gasteiger partial charge in [-0.15, -0.1) is 0 Å². The summed E-state index contributed by atoms with van der Waals surface area (Å²) in [6.07, 6.45) is 0.688. The van der Waals surface area contributed by atoms with Gasteiger partial charge in [0.2, 0.25) is 0 Å². The fourth-order valence-corrected chi connectivity index (χ4v) is 0.727. The molecule has 1 aliphatic heterocycles. The first-order valence-corrected chi connectivity index (χ1v) is 2.56. The Balaban J connectivity index is 2.35. The molecule has 1 unspecified atom stereocenters. The van der Waals surface area contributed by atoms with E-state index in [-0.39, 0.29) is 4.92 Å². The lowest BCUT2D eigenvalue weighted by molar-refractivity contribution is -0.568. The molecule has 1 heterocycles. The highest BCUT2D eigenvalue weighted by atomic mass is 16.7. The van der Waals surface area contributed by atoms with Gasteiger partial charge in [0.05, 0.1) is 11.5 Å². The molecule has 4 heteroatoms. The molecule has 0 amide bonds. The molecule has 1 saturated heterocycles. The SMILES string of the molecule is O=[N+]([O-])C1CCCO1. The topological polar surface area (TPSA) is 52.4 Å². The van der Waals surface area contributed by atoms with Crippen LogP contribution < -0.4 is 0 Å².